The number of alkyl halides is 3. The van der Waals surface area contributed by atoms with Crippen molar-refractivity contribution in [2.24, 2.45) is 0 Å². The Hall–Kier alpha value is -1.61. The van der Waals surface area contributed by atoms with E-state index >= 15 is 0 Å². The highest BCUT2D eigenvalue weighted by Crippen LogP contribution is 2.35. The van der Waals surface area contributed by atoms with Crippen LogP contribution < -0.4 is 0 Å². The molecule has 0 saturated carbocycles. The van der Waals surface area contributed by atoms with Crippen LogP contribution in [0.25, 0.3) is 0 Å². The summed E-state index contributed by atoms with van der Waals surface area (Å²) < 4.78 is 42.2. The van der Waals surface area contributed by atoms with Gasteiger partial charge in [0.15, 0.2) is 5.69 Å². The number of likely N-dealkylation sites (N-methyl/N-ethyl adjacent to an activating group) is 1. The monoisotopic (exact) mass is 373 g/mol. The third-order valence-corrected chi connectivity index (χ3v) is 5.46. The summed E-state index contributed by atoms with van der Waals surface area (Å²) in [6.45, 7) is 5.41. The average Bonchev–Trinajstić information content (AvgIpc) is 2.93. The fourth-order valence-corrected chi connectivity index (χ4v) is 3.74. The molecular weight excluding hydrogens is 347 g/mol. The van der Waals surface area contributed by atoms with Gasteiger partial charge in [-0.2, -0.15) is 18.3 Å². The van der Waals surface area contributed by atoms with Crippen LogP contribution in [0, 0.1) is 6.92 Å². The van der Waals surface area contributed by atoms with Crippen LogP contribution in [-0.2, 0) is 6.18 Å². The lowest BCUT2D eigenvalue weighted by Crippen LogP contribution is -2.47. The molecule has 0 spiro atoms. The van der Waals surface area contributed by atoms with E-state index in [1.165, 1.54) is 9.58 Å². The Morgan fingerprint density at radius 2 is 1.54 bits per heavy atom. The first kappa shape index (κ1) is 19.2. The zero-order valence-corrected chi connectivity index (χ0v) is 15.5. The molecule has 26 heavy (non-hydrogen) atoms. The Balaban J connectivity index is 1.94. The van der Waals surface area contributed by atoms with Crippen molar-refractivity contribution in [2.75, 3.05) is 53.4 Å². The SMILES string of the molecule is Cc1c(C(=O)N2CCN(C)CC2)c(C(F)(F)F)nn1C1CCN(C)CC1. The summed E-state index contributed by atoms with van der Waals surface area (Å²) in [5.41, 5.74) is -0.991. The van der Waals surface area contributed by atoms with Crippen LogP contribution in [0.5, 0.6) is 0 Å². The van der Waals surface area contributed by atoms with Gasteiger partial charge < -0.3 is 14.7 Å². The molecule has 146 valence electrons. The molecule has 1 amide bonds. The number of piperazine rings is 1. The molecule has 6 nitrogen and oxygen atoms in total. The highest BCUT2D eigenvalue weighted by atomic mass is 19.4. The Labute approximate surface area is 151 Å². The lowest BCUT2D eigenvalue weighted by molar-refractivity contribution is -0.142. The first-order valence-corrected chi connectivity index (χ1v) is 9.01. The number of carbonyl (C=O) groups excluding carboxylic acids is 1. The summed E-state index contributed by atoms with van der Waals surface area (Å²) in [5, 5.41) is 3.88. The number of hydrogen-bond donors (Lipinski definition) is 0. The summed E-state index contributed by atoms with van der Waals surface area (Å²) in [5.74, 6) is -0.554. The van der Waals surface area contributed by atoms with Gasteiger partial charge in [0, 0.05) is 31.9 Å². The minimum Gasteiger partial charge on any atom is -0.336 e. The zero-order chi connectivity index (χ0) is 19.1. The predicted octanol–water partition coefficient (Wildman–Crippen LogP) is 1.86. The Bertz CT molecular complexity index is 656. The zero-order valence-electron chi connectivity index (χ0n) is 15.5. The van der Waals surface area contributed by atoms with Crippen LogP contribution in [0.1, 0.15) is 40.6 Å². The number of aromatic nitrogens is 2. The number of halogens is 3. The van der Waals surface area contributed by atoms with Gasteiger partial charge in [-0.1, -0.05) is 0 Å². The second-order valence-electron chi connectivity index (χ2n) is 7.38. The highest BCUT2D eigenvalue weighted by molar-refractivity contribution is 5.96. The van der Waals surface area contributed by atoms with Crippen LogP contribution in [0.15, 0.2) is 0 Å². The fourth-order valence-electron chi connectivity index (χ4n) is 3.74. The van der Waals surface area contributed by atoms with E-state index in [0.29, 0.717) is 31.9 Å². The molecule has 2 saturated heterocycles. The van der Waals surface area contributed by atoms with Crippen LogP contribution in [0.4, 0.5) is 13.2 Å². The largest absolute Gasteiger partial charge is 0.435 e. The summed E-state index contributed by atoms with van der Waals surface area (Å²) in [7, 11) is 3.93. The van der Waals surface area contributed by atoms with Gasteiger partial charge in [0.2, 0.25) is 0 Å². The molecule has 1 aromatic rings. The van der Waals surface area contributed by atoms with E-state index in [0.717, 1.165) is 25.9 Å². The molecular formula is C17H26F3N5O. The van der Waals surface area contributed by atoms with E-state index in [1.54, 1.807) is 6.92 Å². The molecule has 1 aromatic heterocycles. The molecule has 0 bridgehead atoms. The Kier molecular flexibility index (Phi) is 5.30. The number of rotatable bonds is 2. The molecule has 0 N–H and O–H groups in total. The number of carbonyl (C=O) groups is 1. The van der Waals surface area contributed by atoms with E-state index in [-0.39, 0.29) is 11.6 Å². The van der Waals surface area contributed by atoms with Gasteiger partial charge in [-0.3, -0.25) is 9.48 Å². The lowest BCUT2D eigenvalue weighted by atomic mass is 10.0. The molecule has 0 atom stereocenters. The third kappa shape index (κ3) is 3.73. The first-order chi connectivity index (χ1) is 12.2. The quantitative estimate of drug-likeness (QED) is 0.794. The van der Waals surface area contributed by atoms with Crippen molar-refractivity contribution in [2.45, 2.75) is 32.0 Å². The third-order valence-electron chi connectivity index (χ3n) is 5.46. The van der Waals surface area contributed by atoms with Gasteiger partial charge in [0.25, 0.3) is 5.91 Å². The second kappa shape index (κ2) is 7.19. The van der Waals surface area contributed by atoms with Crippen molar-refractivity contribution in [3.63, 3.8) is 0 Å². The van der Waals surface area contributed by atoms with Crippen LogP contribution in [0.3, 0.4) is 0 Å². The van der Waals surface area contributed by atoms with Crippen molar-refractivity contribution in [3.8, 4) is 0 Å². The molecule has 0 aliphatic carbocycles. The van der Waals surface area contributed by atoms with Gasteiger partial charge in [0.1, 0.15) is 0 Å². The Morgan fingerprint density at radius 3 is 2.08 bits per heavy atom. The van der Waals surface area contributed by atoms with Gasteiger partial charge in [-0.25, -0.2) is 0 Å². The summed E-state index contributed by atoms with van der Waals surface area (Å²) >= 11 is 0. The van der Waals surface area contributed by atoms with Crippen molar-refractivity contribution < 1.29 is 18.0 Å². The molecule has 3 heterocycles. The molecule has 2 fully saturated rings. The fraction of sp³-hybridized carbons (Fsp3) is 0.765. The predicted molar refractivity (Wildman–Crippen MR) is 91.1 cm³/mol. The van der Waals surface area contributed by atoms with Crippen LogP contribution in [0.2, 0.25) is 0 Å². The minimum absolute atomic E-state index is 0.0960. The van der Waals surface area contributed by atoms with Crippen molar-refractivity contribution >= 4 is 5.91 Å². The molecule has 0 unspecified atom stereocenters. The van der Waals surface area contributed by atoms with E-state index in [1.807, 2.05) is 14.1 Å². The van der Waals surface area contributed by atoms with E-state index in [4.69, 9.17) is 0 Å². The van der Waals surface area contributed by atoms with Crippen LogP contribution >= 0.6 is 0 Å². The maximum atomic E-state index is 13.6. The molecule has 9 heteroatoms. The smallest absolute Gasteiger partial charge is 0.336 e. The Morgan fingerprint density at radius 1 is 1.00 bits per heavy atom. The minimum atomic E-state index is -4.64. The number of nitrogens with zero attached hydrogens (tertiary/aromatic N) is 5. The van der Waals surface area contributed by atoms with Gasteiger partial charge in [-0.15, -0.1) is 0 Å². The topological polar surface area (TPSA) is 44.6 Å². The van der Waals surface area contributed by atoms with Crippen molar-refractivity contribution in [1.82, 2.24) is 24.5 Å². The standard InChI is InChI=1S/C17H26F3N5O/c1-12-14(16(26)24-10-8-23(3)9-11-24)15(17(18,19)20)21-25(12)13-4-6-22(2)7-5-13/h13H,4-11H2,1-3H3. The normalized spacial score (nSPS) is 21.4. The van der Waals surface area contributed by atoms with Crippen LogP contribution in [-0.4, -0.2) is 83.8 Å². The number of hydrogen-bond acceptors (Lipinski definition) is 4. The van der Waals surface area contributed by atoms with Crippen molar-refractivity contribution in [1.29, 1.82) is 0 Å². The van der Waals surface area contributed by atoms with Crippen molar-refractivity contribution in [3.05, 3.63) is 17.0 Å². The van der Waals surface area contributed by atoms with Gasteiger partial charge in [0.05, 0.1) is 11.6 Å². The molecule has 3 rings (SSSR count). The van der Waals surface area contributed by atoms with E-state index in [2.05, 4.69) is 14.9 Å². The maximum Gasteiger partial charge on any atom is 0.435 e. The van der Waals surface area contributed by atoms with Gasteiger partial charge >= 0.3 is 6.18 Å². The lowest BCUT2D eigenvalue weighted by Gasteiger charge is -2.32. The number of likely N-dealkylation sites (tertiary alicyclic amines) is 1. The molecule has 0 aromatic carbocycles. The highest BCUT2D eigenvalue weighted by Gasteiger charge is 2.42. The number of amides is 1. The maximum absolute atomic E-state index is 13.6. The molecule has 0 radical (unpaired) electrons. The molecule has 2 aliphatic rings. The average molecular weight is 373 g/mol. The number of piperidine rings is 1. The van der Waals surface area contributed by atoms with Gasteiger partial charge in [-0.05, 0) is 47.0 Å². The first-order valence-electron chi connectivity index (χ1n) is 9.01. The van der Waals surface area contributed by atoms with E-state index in [9.17, 15) is 18.0 Å². The second-order valence-corrected chi connectivity index (χ2v) is 7.38. The summed E-state index contributed by atoms with van der Waals surface area (Å²) in [6.07, 6.45) is -3.17. The summed E-state index contributed by atoms with van der Waals surface area (Å²) in [4.78, 5) is 18.6. The molecule has 2 aliphatic heterocycles. The van der Waals surface area contributed by atoms with E-state index < -0.39 is 17.8 Å². The summed E-state index contributed by atoms with van der Waals surface area (Å²) in [6, 6.07) is -0.0960.